The first kappa shape index (κ1) is 17.1. The Bertz CT molecular complexity index is 853. The van der Waals surface area contributed by atoms with Gasteiger partial charge in [-0.3, -0.25) is 4.79 Å². The molecule has 2 aromatic rings. The fraction of sp³-hybridized carbons (Fsp3) is 0.526. The number of fused-ring (bicyclic) bond motifs is 1. The van der Waals surface area contributed by atoms with E-state index in [1.807, 2.05) is 11.8 Å². The Morgan fingerprint density at radius 1 is 1.35 bits per heavy atom. The Balaban J connectivity index is 1.54. The summed E-state index contributed by atoms with van der Waals surface area (Å²) in [7, 11) is 0. The van der Waals surface area contributed by atoms with Gasteiger partial charge in [0.05, 0.1) is 5.52 Å². The Labute approximate surface area is 150 Å². The van der Waals surface area contributed by atoms with Crippen LogP contribution in [0.5, 0.6) is 0 Å². The van der Waals surface area contributed by atoms with Crippen molar-refractivity contribution >= 4 is 22.6 Å². The molecule has 0 radical (unpaired) electrons. The largest absolute Gasteiger partial charge is 0.358 e. The highest BCUT2D eigenvalue weighted by Crippen LogP contribution is 2.54. The highest BCUT2D eigenvalue weighted by molar-refractivity contribution is 5.92. The van der Waals surface area contributed by atoms with E-state index >= 15 is 0 Å². The van der Waals surface area contributed by atoms with Crippen molar-refractivity contribution in [2.75, 3.05) is 11.9 Å². The lowest BCUT2D eigenvalue weighted by atomic mass is 10.0. The SMILES string of the molecule is C[C@@H]1CC2(CC2)CN1C(=O)[C@@H](C)Nc1ncnc2cc(C(F)F)ccc12. The molecule has 5 nitrogen and oxygen atoms in total. The Morgan fingerprint density at radius 2 is 2.12 bits per heavy atom. The predicted molar refractivity (Wildman–Crippen MR) is 95.0 cm³/mol. The summed E-state index contributed by atoms with van der Waals surface area (Å²) in [5.74, 6) is 0.543. The average Bonchev–Trinajstić information content (AvgIpc) is 3.28. The van der Waals surface area contributed by atoms with Gasteiger partial charge in [-0.15, -0.1) is 0 Å². The van der Waals surface area contributed by atoms with Crippen LogP contribution >= 0.6 is 0 Å². The number of benzene rings is 1. The topological polar surface area (TPSA) is 58.1 Å². The van der Waals surface area contributed by atoms with Crippen molar-refractivity contribution in [2.45, 2.75) is 51.6 Å². The van der Waals surface area contributed by atoms with E-state index in [0.29, 0.717) is 22.1 Å². The molecule has 1 spiro atoms. The zero-order valence-corrected chi connectivity index (χ0v) is 14.9. The van der Waals surface area contributed by atoms with Gasteiger partial charge in [0, 0.05) is 23.5 Å². The van der Waals surface area contributed by atoms with E-state index in [0.717, 1.165) is 13.0 Å². The molecule has 1 aromatic carbocycles. The number of amides is 1. The summed E-state index contributed by atoms with van der Waals surface area (Å²) in [6.45, 7) is 4.75. The maximum atomic E-state index is 12.9. The van der Waals surface area contributed by atoms with E-state index in [2.05, 4.69) is 22.2 Å². The second-order valence-electron chi connectivity index (χ2n) is 7.68. The second-order valence-corrected chi connectivity index (χ2v) is 7.68. The molecule has 2 fully saturated rings. The van der Waals surface area contributed by atoms with Crippen molar-refractivity contribution in [1.29, 1.82) is 0 Å². The van der Waals surface area contributed by atoms with Gasteiger partial charge in [-0.1, -0.05) is 6.07 Å². The van der Waals surface area contributed by atoms with Gasteiger partial charge in [-0.2, -0.15) is 0 Å². The number of likely N-dealkylation sites (tertiary alicyclic amines) is 1. The van der Waals surface area contributed by atoms with Crippen LogP contribution in [0.25, 0.3) is 10.9 Å². The lowest BCUT2D eigenvalue weighted by Crippen LogP contribution is -2.43. The van der Waals surface area contributed by atoms with E-state index in [4.69, 9.17) is 0 Å². The highest BCUT2D eigenvalue weighted by Gasteiger charge is 2.52. The van der Waals surface area contributed by atoms with Crippen molar-refractivity contribution in [3.63, 3.8) is 0 Å². The van der Waals surface area contributed by atoms with E-state index in [1.54, 1.807) is 6.07 Å². The van der Waals surface area contributed by atoms with Gasteiger partial charge in [-0.25, -0.2) is 18.7 Å². The van der Waals surface area contributed by atoms with Crippen LogP contribution in [0, 0.1) is 5.41 Å². The van der Waals surface area contributed by atoms with Gasteiger partial charge in [-0.05, 0) is 50.7 Å². The quantitative estimate of drug-likeness (QED) is 0.902. The van der Waals surface area contributed by atoms with Crippen LogP contribution in [0.4, 0.5) is 14.6 Å². The molecule has 1 saturated heterocycles. The summed E-state index contributed by atoms with van der Waals surface area (Å²) in [6.07, 6.45) is 2.29. The highest BCUT2D eigenvalue weighted by atomic mass is 19.3. The summed E-state index contributed by atoms with van der Waals surface area (Å²) in [5, 5.41) is 3.78. The minimum absolute atomic E-state index is 0.0530. The molecule has 1 amide bonds. The van der Waals surface area contributed by atoms with Gasteiger partial charge >= 0.3 is 0 Å². The summed E-state index contributed by atoms with van der Waals surface area (Å²) >= 11 is 0. The standard InChI is InChI=1S/C19H22F2N4O/c1-11-8-19(5-6-19)9-25(11)18(26)12(2)24-17-14-4-3-13(16(20)21)7-15(14)22-10-23-17/h3-4,7,10-12,16H,5-6,8-9H2,1-2H3,(H,22,23,24)/t11-,12-/m1/s1. The van der Waals surface area contributed by atoms with Crippen LogP contribution in [0.1, 0.15) is 45.1 Å². The smallest absolute Gasteiger partial charge is 0.263 e. The van der Waals surface area contributed by atoms with Gasteiger partial charge in [0.2, 0.25) is 5.91 Å². The number of halogens is 2. The third-order valence-electron chi connectivity index (χ3n) is 5.64. The minimum Gasteiger partial charge on any atom is -0.358 e. The van der Waals surface area contributed by atoms with Gasteiger partial charge in [0.25, 0.3) is 6.43 Å². The number of nitrogens with zero attached hydrogens (tertiary/aromatic N) is 3. The molecule has 26 heavy (non-hydrogen) atoms. The van der Waals surface area contributed by atoms with E-state index < -0.39 is 12.5 Å². The molecule has 1 aliphatic carbocycles. The lowest BCUT2D eigenvalue weighted by molar-refractivity contribution is -0.132. The van der Waals surface area contributed by atoms with Crippen LogP contribution < -0.4 is 5.32 Å². The number of hydrogen-bond donors (Lipinski definition) is 1. The first-order valence-electron chi connectivity index (χ1n) is 8.98. The number of anilines is 1. The van der Waals surface area contributed by atoms with Gasteiger partial charge < -0.3 is 10.2 Å². The lowest BCUT2D eigenvalue weighted by Gasteiger charge is -2.26. The predicted octanol–water partition coefficient (Wildman–Crippen LogP) is 3.77. The van der Waals surface area contributed by atoms with Crippen LogP contribution in [-0.4, -0.2) is 39.4 Å². The second kappa shape index (κ2) is 6.14. The Morgan fingerprint density at radius 3 is 2.77 bits per heavy atom. The van der Waals surface area contributed by atoms with Crippen LogP contribution in [0.15, 0.2) is 24.5 Å². The number of alkyl halides is 2. The molecule has 1 saturated carbocycles. The van der Waals surface area contributed by atoms with E-state index in [1.165, 1.54) is 31.3 Å². The zero-order valence-electron chi connectivity index (χ0n) is 14.9. The Hall–Kier alpha value is -2.31. The fourth-order valence-corrected chi connectivity index (χ4v) is 3.99. The maximum absolute atomic E-state index is 12.9. The van der Waals surface area contributed by atoms with Crippen molar-refractivity contribution in [1.82, 2.24) is 14.9 Å². The molecule has 1 aliphatic heterocycles. The van der Waals surface area contributed by atoms with Crippen LogP contribution in [0.2, 0.25) is 0 Å². The average molecular weight is 360 g/mol. The molecule has 138 valence electrons. The number of rotatable bonds is 4. The molecule has 7 heteroatoms. The van der Waals surface area contributed by atoms with Gasteiger partial charge in [0.1, 0.15) is 18.2 Å². The fourth-order valence-electron chi connectivity index (χ4n) is 3.99. The molecule has 2 atom stereocenters. The van der Waals surface area contributed by atoms with Crippen molar-refractivity contribution < 1.29 is 13.6 Å². The molecule has 2 aliphatic rings. The molecule has 1 N–H and O–H groups in total. The number of hydrogen-bond acceptors (Lipinski definition) is 4. The summed E-state index contributed by atoms with van der Waals surface area (Å²) in [6, 6.07) is 4.12. The normalized spacial score (nSPS) is 22.2. The molecular weight excluding hydrogens is 338 g/mol. The van der Waals surface area contributed by atoms with Gasteiger partial charge in [0.15, 0.2) is 0 Å². The number of carbonyl (C=O) groups is 1. The third kappa shape index (κ3) is 2.99. The van der Waals surface area contributed by atoms with Crippen LogP contribution in [-0.2, 0) is 4.79 Å². The van der Waals surface area contributed by atoms with Crippen molar-refractivity contribution in [2.24, 2.45) is 5.41 Å². The van der Waals surface area contributed by atoms with E-state index in [-0.39, 0.29) is 17.5 Å². The maximum Gasteiger partial charge on any atom is 0.263 e. The number of carbonyl (C=O) groups excluding carboxylic acids is 1. The number of nitrogens with one attached hydrogen (secondary N) is 1. The molecule has 2 heterocycles. The zero-order chi connectivity index (χ0) is 18.5. The molecule has 0 bridgehead atoms. The summed E-state index contributed by atoms with van der Waals surface area (Å²) in [4.78, 5) is 23.1. The first-order chi connectivity index (χ1) is 12.4. The van der Waals surface area contributed by atoms with Crippen molar-refractivity contribution in [3.8, 4) is 0 Å². The summed E-state index contributed by atoms with van der Waals surface area (Å²) in [5.41, 5.74) is 0.723. The van der Waals surface area contributed by atoms with E-state index in [9.17, 15) is 13.6 Å². The molecule has 1 aromatic heterocycles. The Kier molecular flexibility index (Phi) is 4.04. The summed E-state index contributed by atoms with van der Waals surface area (Å²) < 4.78 is 25.8. The monoisotopic (exact) mass is 360 g/mol. The number of aromatic nitrogens is 2. The van der Waals surface area contributed by atoms with Crippen molar-refractivity contribution in [3.05, 3.63) is 30.1 Å². The van der Waals surface area contributed by atoms with Crippen LogP contribution in [0.3, 0.4) is 0 Å². The first-order valence-corrected chi connectivity index (χ1v) is 8.98. The molecular formula is C19H22F2N4O. The third-order valence-corrected chi connectivity index (χ3v) is 5.64. The molecule has 4 rings (SSSR count). The molecule has 0 unspecified atom stereocenters. The minimum atomic E-state index is -2.54.